The average Bonchev–Trinajstić information content (AvgIpc) is 2.29. The van der Waals surface area contributed by atoms with Gasteiger partial charge in [0.1, 0.15) is 5.75 Å². The van der Waals surface area contributed by atoms with E-state index in [0.717, 1.165) is 11.4 Å². The number of rotatable bonds is 7. The lowest BCUT2D eigenvalue weighted by atomic mass is 10.3. The summed E-state index contributed by atoms with van der Waals surface area (Å²) in [6.07, 6.45) is 0.625. The molecule has 0 spiro atoms. The lowest BCUT2D eigenvalue weighted by Crippen LogP contribution is -2.06. The molecule has 0 amide bonds. The van der Waals surface area contributed by atoms with Crippen LogP contribution in [0.2, 0.25) is 0 Å². The van der Waals surface area contributed by atoms with Gasteiger partial charge in [-0.25, -0.2) is 4.21 Å². The number of ether oxygens (including phenoxy) is 1. The van der Waals surface area contributed by atoms with Crippen LogP contribution in [0.4, 0.5) is 5.69 Å². The molecule has 1 unspecified atom stereocenters. The van der Waals surface area contributed by atoms with Crippen LogP contribution in [-0.4, -0.2) is 29.0 Å². The molecule has 0 aliphatic rings. The van der Waals surface area contributed by atoms with E-state index in [9.17, 15) is 8.76 Å². The van der Waals surface area contributed by atoms with Crippen molar-refractivity contribution < 1.29 is 17.7 Å². The number of hydrogen-bond donors (Lipinski definition) is 1. The van der Waals surface area contributed by atoms with Gasteiger partial charge < -0.3 is 18.8 Å². The quantitative estimate of drug-likeness (QED) is 0.578. The lowest BCUT2D eigenvalue weighted by molar-refractivity contribution is 0.299. The molecule has 0 aliphatic heterocycles. The molecule has 90 valence electrons. The van der Waals surface area contributed by atoms with Crippen molar-refractivity contribution in [1.29, 1.82) is 0 Å². The van der Waals surface area contributed by atoms with Crippen molar-refractivity contribution in [2.45, 2.75) is 6.42 Å². The zero-order chi connectivity index (χ0) is 11.8. The normalized spacial score (nSPS) is 12.1. The molecular formula is C10H14NO4S-. The van der Waals surface area contributed by atoms with Crippen molar-refractivity contribution in [3.05, 3.63) is 24.3 Å². The van der Waals surface area contributed by atoms with Crippen molar-refractivity contribution >= 4 is 17.0 Å². The first-order valence-corrected chi connectivity index (χ1v) is 5.83. The first kappa shape index (κ1) is 13.0. The predicted molar refractivity (Wildman–Crippen MR) is 61.0 cm³/mol. The molecular weight excluding hydrogens is 230 g/mol. The van der Waals surface area contributed by atoms with Crippen LogP contribution in [0.3, 0.4) is 0 Å². The fraction of sp³-hybridized carbons (Fsp3) is 0.400. The Balaban J connectivity index is 2.19. The number of hydrogen-bond acceptors (Lipinski definition) is 5. The third kappa shape index (κ3) is 5.11. The van der Waals surface area contributed by atoms with E-state index >= 15 is 0 Å². The van der Waals surface area contributed by atoms with E-state index in [1.807, 2.05) is 24.3 Å². The van der Waals surface area contributed by atoms with Gasteiger partial charge in [-0.15, -0.1) is 0 Å². The lowest BCUT2D eigenvalue weighted by Gasteiger charge is -2.08. The minimum Gasteiger partial charge on any atom is -0.750 e. The van der Waals surface area contributed by atoms with E-state index < -0.39 is 11.4 Å². The Morgan fingerprint density at radius 2 is 2.06 bits per heavy atom. The highest BCUT2D eigenvalue weighted by molar-refractivity contribution is 7.74. The Kier molecular flexibility index (Phi) is 5.84. The second kappa shape index (κ2) is 7.21. The highest BCUT2D eigenvalue weighted by atomic mass is 32.2. The van der Waals surface area contributed by atoms with Gasteiger partial charge in [-0.3, -0.25) is 0 Å². The summed E-state index contributed by atoms with van der Waals surface area (Å²) in [5.74, 6) is 0.802. The van der Waals surface area contributed by atoms with Gasteiger partial charge >= 0.3 is 0 Å². The van der Waals surface area contributed by atoms with Crippen LogP contribution in [0, 0.1) is 0 Å². The Labute approximate surface area is 97.3 Å². The van der Waals surface area contributed by atoms with Crippen molar-refractivity contribution in [3.8, 4) is 5.75 Å². The number of anilines is 1. The van der Waals surface area contributed by atoms with Gasteiger partial charge in [0.25, 0.3) is 0 Å². The van der Waals surface area contributed by atoms with Gasteiger partial charge in [0.05, 0.1) is 25.1 Å². The molecule has 0 aromatic heterocycles. The van der Waals surface area contributed by atoms with Crippen LogP contribution in [-0.2, 0) is 15.5 Å². The molecule has 1 rings (SSSR count). The molecule has 1 aromatic carbocycles. The van der Waals surface area contributed by atoms with E-state index in [4.69, 9.17) is 4.74 Å². The minimum absolute atomic E-state index is 0.194. The van der Waals surface area contributed by atoms with Crippen LogP contribution in [0.15, 0.2) is 24.3 Å². The maximum Gasteiger partial charge on any atom is 0.119 e. The predicted octanol–water partition coefficient (Wildman–Crippen LogP) is 1.31. The summed E-state index contributed by atoms with van der Waals surface area (Å²) in [6.45, 7) is 0.850. The van der Waals surface area contributed by atoms with Crippen molar-refractivity contribution in [2.75, 3.05) is 25.6 Å². The zero-order valence-electron chi connectivity index (χ0n) is 8.97. The Morgan fingerprint density at radius 1 is 1.38 bits per heavy atom. The highest BCUT2D eigenvalue weighted by Gasteiger charge is 1.93. The van der Waals surface area contributed by atoms with Crippen LogP contribution in [0.1, 0.15) is 6.42 Å². The summed E-state index contributed by atoms with van der Waals surface area (Å²) in [5, 5.41) is 3.13. The Morgan fingerprint density at radius 3 is 2.62 bits per heavy atom. The molecule has 0 aliphatic carbocycles. The van der Waals surface area contributed by atoms with Crippen molar-refractivity contribution in [1.82, 2.24) is 0 Å². The summed E-state index contributed by atoms with van der Waals surface area (Å²) in [6, 6.07) is 7.49. The van der Waals surface area contributed by atoms with Crippen LogP contribution >= 0.6 is 0 Å². The average molecular weight is 244 g/mol. The van der Waals surface area contributed by atoms with Gasteiger partial charge in [-0.2, -0.15) is 0 Å². The van der Waals surface area contributed by atoms with Crippen LogP contribution in [0.5, 0.6) is 5.75 Å². The summed E-state index contributed by atoms with van der Waals surface area (Å²) >= 11 is -2.41. The van der Waals surface area contributed by atoms with E-state index in [0.29, 0.717) is 13.0 Å². The SMILES string of the molecule is COc1ccc(NCCCOS(=O)[O-])cc1. The molecule has 6 heteroatoms. The molecule has 1 aromatic rings. The molecule has 16 heavy (non-hydrogen) atoms. The molecule has 0 fully saturated rings. The van der Waals surface area contributed by atoms with Crippen molar-refractivity contribution in [3.63, 3.8) is 0 Å². The molecule has 5 nitrogen and oxygen atoms in total. The van der Waals surface area contributed by atoms with E-state index in [1.54, 1.807) is 7.11 Å². The minimum atomic E-state index is -2.41. The topological polar surface area (TPSA) is 70.6 Å². The van der Waals surface area contributed by atoms with Crippen molar-refractivity contribution in [2.24, 2.45) is 0 Å². The van der Waals surface area contributed by atoms with Crippen LogP contribution in [0.25, 0.3) is 0 Å². The standard InChI is InChI=1S/C10H15NO4S/c1-14-10-5-3-9(4-6-10)11-7-2-8-15-16(12)13/h3-6,11H,2,7-8H2,1H3,(H,12,13)/p-1. The molecule has 0 bridgehead atoms. The third-order valence-electron chi connectivity index (χ3n) is 1.92. The summed E-state index contributed by atoms with van der Waals surface area (Å²) in [5.41, 5.74) is 0.962. The number of nitrogens with one attached hydrogen (secondary N) is 1. The second-order valence-corrected chi connectivity index (χ2v) is 3.68. The van der Waals surface area contributed by atoms with Crippen LogP contribution < -0.4 is 10.1 Å². The first-order chi connectivity index (χ1) is 7.72. The van der Waals surface area contributed by atoms with Gasteiger partial charge in [0.2, 0.25) is 0 Å². The summed E-state index contributed by atoms with van der Waals surface area (Å²) in [7, 11) is 1.61. The number of benzene rings is 1. The van der Waals surface area contributed by atoms with E-state index in [2.05, 4.69) is 9.50 Å². The van der Waals surface area contributed by atoms with Gasteiger partial charge in [0.15, 0.2) is 0 Å². The first-order valence-electron chi connectivity index (χ1n) is 4.83. The van der Waals surface area contributed by atoms with Gasteiger partial charge in [-0.1, -0.05) is 0 Å². The van der Waals surface area contributed by atoms with Gasteiger partial charge in [0, 0.05) is 12.2 Å². The maximum atomic E-state index is 10.0. The summed E-state index contributed by atoms with van der Waals surface area (Å²) in [4.78, 5) is 0. The molecule has 1 N–H and O–H groups in total. The van der Waals surface area contributed by atoms with Gasteiger partial charge in [-0.05, 0) is 30.7 Å². The Hall–Kier alpha value is -1.11. The van der Waals surface area contributed by atoms with E-state index in [-0.39, 0.29) is 6.61 Å². The third-order valence-corrected chi connectivity index (χ3v) is 2.28. The fourth-order valence-corrected chi connectivity index (χ4v) is 1.39. The second-order valence-electron chi connectivity index (χ2n) is 3.03. The Bertz CT molecular complexity index is 328. The molecule has 1 atom stereocenters. The monoisotopic (exact) mass is 244 g/mol. The molecule has 0 radical (unpaired) electrons. The molecule has 0 saturated heterocycles. The smallest absolute Gasteiger partial charge is 0.119 e. The molecule has 0 heterocycles. The number of methoxy groups -OCH3 is 1. The maximum absolute atomic E-state index is 10.0. The highest BCUT2D eigenvalue weighted by Crippen LogP contribution is 2.14. The fourth-order valence-electron chi connectivity index (χ4n) is 1.14. The molecule has 0 saturated carbocycles. The zero-order valence-corrected chi connectivity index (χ0v) is 9.79. The largest absolute Gasteiger partial charge is 0.750 e. The van der Waals surface area contributed by atoms with E-state index in [1.165, 1.54) is 0 Å². The summed E-state index contributed by atoms with van der Waals surface area (Å²) < 4.78 is 29.5.